The smallest absolute Gasteiger partial charge is 0.0318 e. The molecule has 0 N–H and O–H groups in total. The summed E-state index contributed by atoms with van der Waals surface area (Å²) in [7, 11) is 0. The zero-order valence-corrected chi connectivity index (χ0v) is 8.86. The lowest BCUT2D eigenvalue weighted by Gasteiger charge is -2.57. The lowest BCUT2D eigenvalue weighted by molar-refractivity contribution is -0.0947. The quantitative estimate of drug-likeness (QED) is 0.512. The summed E-state index contributed by atoms with van der Waals surface area (Å²) < 4.78 is 0. The van der Waals surface area contributed by atoms with E-state index in [1.807, 2.05) is 0 Å². The van der Waals surface area contributed by atoms with Gasteiger partial charge in [0.2, 0.25) is 0 Å². The molecule has 5 aliphatic carbocycles. The third kappa shape index (κ3) is 0.657. The maximum atomic E-state index is 1.66. The van der Waals surface area contributed by atoms with Crippen LogP contribution >= 0.6 is 0 Å². The molecule has 8 unspecified atom stereocenters. The molecular weight excluding hydrogens is 168 g/mol. The molecule has 76 valence electrons. The third-order valence-electron chi connectivity index (χ3n) is 6.63. The SMILES string of the molecule is C1CCC2C(C1)C1C3CC3C3CC3C21. The fourth-order valence-corrected chi connectivity index (χ4v) is 6.12. The van der Waals surface area contributed by atoms with Crippen molar-refractivity contribution in [2.24, 2.45) is 47.3 Å². The number of hydrogen-bond acceptors (Lipinski definition) is 0. The van der Waals surface area contributed by atoms with E-state index in [9.17, 15) is 0 Å². The van der Waals surface area contributed by atoms with Crippen molar-refractivity contribution in [2.75, 3.05) is 0 Å². The molecular formula is C14H20. The molecule has 0 aromatic heterocycles. The number of rotatable bonds is 0. The summed E-state index contributed by atoms with van der Waals surface area (Å²) >= 11 is 0. The van der Waals surface area contributed by atoms with Crippen LogP contribution in [-0.4, -0.2) is 0 Å². The van der Waals surface area contributed by atoms with Crippen LogP contribution in [-0.2, 0) is 0 Å². The molecule has 0 heterocycles. The molecule has 0 amide bonds. The Labute approximate surface area is 86.5 Å². The van der Waals surface area contributed by atoms with Gasteiger partial charge in [-0.05, 0) is 73.0 Å². The number of hydrogen-bond donors (Lipinski definition) is 0. The summed E-state index contributed by atoms with van der Waals surface area (Å²) in [4.78, 5) is 0. The second-order valence-corrected chi connectivity index (χ2v) is 6.89. The maximum absolute atomic E-state index is 1.66. The largest absolute Gasteiger partial charge is 0.0530 e. The van der Waals surface area contributed by atoms with Gasteiger partial charge in [0.05, 0.1) is 0 Å². The Morgan fingerprint density at radius 2 is 1.00 bits per heavy atom. The van der Waals surface area contributed by atoms with Crippen LogP contribution in [0.2, 0.25) is 0 Å². The van der Waals surface area contributed by atoms with Crippen molar-refractivity contribution < 1.29 is 0 Å². The van der Waals surface area contributed by atoms with E-state index in [0.717, 1.165) is 0 Å². The van der Waals surface area contributed by atoms with E-state index in [2.05, 4.69) is 0 Å². The summed E-state index contributed by atoms with van der Waals surface area (Å²) in [5, 5.41) is 0. The van der Waals surface area contributed by atoms with Gasteiger partial charge in [-0.1, -0.05) is 12.8 Å². The zero-order valence-electron chi connectivity index (χ0n) is 8.86. The first kappa shape index (κ1) is 7.30. The van der Waals surface area contributed by atoms with Gasteiger partial charge in [-0.15, -0.1) is 0 Å². The normalized spacial score (nSPS) is 72.0. The Morgan fingerprint density at radius 3 is 1.50 bits per heavy atom. The molecule has 0 aromatic carbocycles. The van der Waals surface area contributed by atoms with Gasteiger partial charge in [-0.2, -0.15) is 0 Å². The molecule has 0 nitrogen and oxygen atoms in total. The van der Waals surface area contributed by atoms with Gasteiger partial charge in [0.25, 0.3) is 0 Å². The van der Waals surface area contributed by atoms with Crippen LogP contribution in [0.25, 0.3) is 0 Å². The molecule has 5 aliphatic rings. The van der Waals surface area contributed by atoms with Crippen LogP contribution in [0.15, 0.2) is 0 Å². The molecule has 0 spiro atoms. The molecule has 14 heavy (non-hydrogen) atoms. The van der Waals surface area contributed by atoms with E-state index < -0.39 is 0 Å². The first-order valence-corrected chi connectivity index (χ1v) is 6.95. The topological polar surface area (TPSA) is 0 Å². The molecule has 5 fully saturated rings. The van der Waals surface area contributed by atoms with E-state index in [-0.39, 0.29) is 0 Å². The van der Waals surface area contributed by atoms with E-state index in [0.29, 0.717) is 0 Å². The standard InChI is InChI=1S/C14H20/c1-2-4-8-7(3-1)13-11-5-9(11)10-6-12(10)14(8)13/h7-14H,1-6H2. The van der Waals surface area contributed by atoms with Crippen molar-refractivity contribution in [3.8, 4) is 0 Å². The lowest BCUT2D eigenvalue weighted by Crippen LogP contribution is -2.52. The van der Waals surface area contributed by atoms with Crippen molar-refractivity contribution in [2.45, 2.75) is 38.5 Å². The minimum atomic E-state index is 1.23. The highest BCUT2D eigenvalue weighted by molar-refractivity contribution is 5.20. The summed E-state index contributed by atoms with van der Waals surface area (Å²) in [6.07, 6.45) is 9.68. The minimum absolute atomic E-state index is 1.23. The van der Waals surface area contributed by atoms with Gasteiger partial charge in [-0.3, -0.25) is 0 Å². The van der Waals surface area contributed by atoms with Crippen molar-refractivity contribution in [1.29, 1.82) is 0 Å². The van der Waals surface area contributed by atoms with Gasteiger partial charge < -0.3 is 0 Å². The summed E-state index contributed by atoms with van der Waals surface area (Å²) in [6.45, 7) is 0. The van der Waals surface area contributed by atoms with Gasteiger partial charge in [0.15, 0.2) is 0 Å². The van der Waals surface area contributed by atoms with E-state index >= 15 is 0 Å². The van der Waals surface area contributed by atoms with Gasteiger partial charge in [0, 0.05) is 0 Å². The highest BCUT2D eigenvalue weighted by atomic mass is 14.8. The van der Waals surface area contributed by atoms with Crippen molar-refractivity contribution in [3.63, 3.8) is 0 Å². The molecule has 0 aliphatic heterocycles. The van der Waals surface area contributed by atoms with Crippen LogP contribution < -0.4 is 0 Å². The Morgan fingerprint density at radius 1 is 0.500 bits per heavy atom. The molecule has 0 bridgehead atoms. The van der Waals surface area contributed by atoms with Crippen molar-refractivity contribution in [3.05, 3.63) is 0 Å². The molecule has 0 aromatic rings. The van der Waals surface area contributed by atoms with Gasteiger partial charge in [-0.25, -0.2) is 0 Å². The maximum Gasteiger partial charge on any atom is -0.0318 e. The summed E-state index contributed by atoms with van der Waals surface area (Å²) in [5.74, 6) is 9.98. The zero-order chi connectivity index (χ0) is 8.86. The van der Waals surface area contributed by atoms with Crippen LogP contribution in [0.1, 0.15) is 38.5 Å². The Balaban J connectivity index is 1.52. The van der Waals surface area contributed by atoms with Gasteiger partial charge >= 0.3 is 0 Å². The predicted molar refractivity (Wildman–Crippen MR) is 55.6 cm³/mol. The molecule has 0 saturated heterocycles. The van der Waals surface area contributed by atoms with Crippen LogP contribution in [0.5, 0.6) is 0 Å². The first-order valence-electron chi connectivity index (χ1n) is 6.95. The Bertz CT molecular complexity index is 264. The van der Waals surface area contributed by atoms with Crippen LogP contribution in [0.4, 0.5) is 0 Å². The second-order valence-electron chi connectivity index (χ2n) is 6.89. The van der Waals surface area contributed by atoms with Gasteiger partial charge in [0.1, 0.15) is 0 Å². The van der Waals surface area contributed by atoms with E-state index in [1.165, 1.54) is 47.3 Å². The van der Waals surface area contributed by atoms with Crippen LogP contribution in [0.3, 0.4) is 0 Å². The third-order valence-corrected chi connectivity index (χ3v) is 6.63. The Hall–Kier alpha value is 0. The predicted octanol–water partition coefficient (Wildman–Crippen LogP) is 3.32. The molecule has 0 heteroatoms. The highest BCUT2D eigenvalue weighted by Gasteiger charge is 2.72. The molecule has 8 atom stereocenters. The lowest BCUT2D eigenvalue weighted by atomic mass is 9.47. The van der Waals surface area contributed by atoms with Crippen molar-refractivity contribution >= 4 is 0 Å². The first-order chi connectivity index (χ1) is 6.95. The second kappa shape index (κ2) is 2.08. The summed E-state index contributed by atoms with van der Waals surface area (Å²) in [5.41, 5.74) is 0. The highest BCUT2D eigenvalue weighted by Crippen LogP contribution is 2.78. The van der Waals surface area contributed by atoms with E-state index in [1.54, 1.807) is 38.5 Å². The van der Waals surface area contributed by atoms with E-state index in [4.69, 9.17) is 0 Å². The molecule has 5 saturated carbocycles. The average Bonchev–Trinajstić information content (AvgIpc) is 3.00. The minimum Gasteiger partial charge on any atom is -0.0530 e. The molecule has 5 rings (SSSR count). The Kier molecular flexibility index (Phi) is 1.08. The van der Waals surface area contributed by atoms with Crippen molar-refractivity contribution in [1.82, 2.24) is 0 Å². The average molecular weight is 188 g/mol. The summed E-state index contributed by atoms with van der Waals surface area (Å²) in [6, 6.07) is 0. The fraction of sp³-hybridized carbons (Fsp3) is 1.00. The fourth-order valence-electron chi connectivity index (χ4n) is 6.12. The molecule has 0 radical (unpaired) electrons. The van der Waals surface area contributed by atoms with Crippen LogP contribution in [0, 0.1) is 47.3 Å². The monoisotopic (exact) mass is 188 g/mol. The number of fused-ring (bicyclic) bond motifs is 9.